The molecular weight excluding hydrogens is 234 g/mol. The van der Waals surface area contributed by atoms with Crippen molar-refractivity contribution in [3.05, 3.63) is 0 Å². The predicted molar refractivity (Wildman–Crippen MR) is 73.0 cm³/mol. The first-order valence-electron chi connectivity index (χ1n) is 6.86. The fraction of sp³-hybridized carbons (Fsp3) is 1.00. The molecule has 1 N–H and O–H groups in total. The van der Waals surface area contributed by atoms with Crippen molar-refractivity contribution < 1.29 is 8.42 Å². The molecule has 0 aromatic carbocycles. The Hall–Kier alpha value is -0.0900. The van der Waals surface area contributed by atoms with E-state index in [-0.39, 0.29) is 5.25 Å². The van der Waals surface area contributed by atoms with E-state index < -0.39 is 9.84 Å². The van der Waals surface area contributed by atoms with E-state index in [1.165, 1.54) is 32.1 Å². The zero-order valence-corrected chi connectivity index (χ0v) is 12.2. The number of hydrogen-bond donors (Lipinski definition) is 1. The van der Waals surface area contributed by atoms with E-state index in [4.69, 9.17) is 0 Å². The highest BCUT2D eigenvalue weighted by atomic mass is 32.2. The second-order valence-corrected chi connectivity index (χ2v) is 8.17. The lowest BCUT2D eigenvalue weighted by Gasteiger charge is -2.24. The minimum Gasteiger partial charge on any atom is -0.317 e. The molecule has 1 aliphatic rings. The standard InChI is InChI=1S/C13H27NO2S/c1-11(2)17(15,16)10-9-12-7-5-4-6-8-13(12)14-3/h11-14H,4-10H2,1-3H3. The summed E-state index contributed by atoms with van der Waals surface area (Å²) in [6.07, 6.45) is 7.03. The molecule has 2 atom stereocenters. The topological polar surface area (TPSA) is 46.2 Å². The van der Waals surface area contributed by atoms with Crippen LogP contribution >= 0.6 is 0 Å². The Morgan fingerprint density at radius 2 is 1.82 bits per heavy atom. The Morgan fingerprint density at radius 3 is 2.41 bits per heavy atom. The van der Waals surface area contributed by atoms with Crippen LogP contribution in [0.5, 0.6) is 0 Å². The van der Waals surface area contributed by atoms with Gasteiger partial charge >= 0.3 is 0 Å². The summed E-state index contributed by atoms with van der Waals surface area (Å²) < 4.78 is 23.7. The first kappa shape index (κ1) is 15.0. The molecule has 0 amide bonds. The minimum atomic E-state index is -2.87. The van der Waals surface area contributed by atoms with Crippen molar-refractivity contribution in [3.63, 3.8) is 0 Å². The summed E-state index contributed by atoms with van der Waals surface area (Å²) in [5.74, 6) is 0.893. The highest BCUT2D eigenvalue weighted by molar-refractivity contribution is 7.91. The maximum absolute atomic E-state index is 11.8. The van der Waals surface area contributed by atoms with Gasteiger partial charge in [-0.05, 0) is 46.1 Å². The molecule has 0 radical (unpaired) electrons. The average Bonchev–Trinajstić information content (AvgIpc) is 2.50. The molecule has 0 aliphatic heterocycles. The van der Waals surface area contributed by atoms with E-state index in [0.717, 1.165) is 6.42 Å². The average molecular weight is 261 g/mol. The molecule has 0 bridgehead atoms. The van der Waals surface area contributed by atoms with Crippen LogP contribution in [0.1, 0.15) is 52.4 Å². The third-order valence-corrected chi connectivity index (χ3v) is 6.26. The van der Waals surface area contributed by atoms with Gasteiger partial charge in [-0.3, -0.25) is 0 Å². The summed E-state index contributed by atoms with van der Waals surface area (Å²) in [6.45, 7) is 3.55. The van der Waals surface area contributed by atoms with E-state index in [2.05, 4.69) is 5.32 Å². The van der Waals surface area contributed by atoms with Gasteiger partial charge in [0.1, 0.15) is 0 Å². The van der Waals surface area contributed by atoms with Gasteiger partial charge in [-0.2, -0.15) is 0 Å². The smallest absolute Gasteiger partial charge is 0.152 e. The molecule has 17 heavy (non-hydrogen) atoms. The fourth-order valence-electron chi connectivity index (χ4n) is 2.66. The van der Waals surface area contributed by atoms with Crippen LogP contribution in [-0.4, -0.2) is 32.5 Å². The molecule has 0 heterocycles. The lowest BCUT2D eigenvalue weighted by Crippen LogP contribution is -2.34. The van der Waals surface area contributed by atoms with Gasteiger partial charge in [0.2, 0.25) is 0 Å². The Morgan fingerprint density at radius 1 is 1.18 bits per heavy atom. The van der Waals surface area contributed by atoms with Crippen LogP contribution in [0, 0.1) is 5.92 Å². The second-order valence-electron chi connectivity index (χ2n) is 5.50. The number of hydrogen-bond acceptors (Lipinski definition) is 3. The lowest BCUT2D eigenvalue weighted by atomic mass is 9.92. The van der Waals surface area contributed by atoms with Gasteiger partial charge in [0, 0.05) is 6.04 Å². The molecule has 1 aliphatic carbocycles. The van der Waals surface area contributed by atoms with Crippen LogP contribution in [-0.2, 0) is 9.84 Å². The Balaban J connectivity index is 2.53. The van der Waals surface area contributed by atoms with E-state index in [9.17, 15) is 8.42 Å². The van der Waals surface area contributed by atoms with Crippen molar-refractivity contribution >= 4 is 9.84 Å². The first-order valence-corrected chi connectivity index (χ1v) is 8.57. The quantitative estimate of drug-likeness (QED) is 0.773. The van der Waals surface area contributed by atoms with E-state index in [1.807, 2.05) is 7.05 Å². The highest BCUT2D eigenvalue weighted by Gasteiger charge is 2.25. The SMILES string of the molecule is CNC1CCCCCC1CCS(=O)(=O)C(C)C. The molecule has 0 spiro atoms. The lowest BCUT2D eigenvalue weighted by molar-refractivity contribution is 0.343. The number of rotatable bonds is 5. The van der Waals surface area contributed by atoms with Gasteiger partial charge in [-0.25, -0.2) is 8.42 Å². The molecule has 0 aromatic rings. The first-order chi connectivity index (χ1) is 7.97. The molecule has 102 valence electrons. The van der Waals surface area contributed by atoms with Crippen molar-refractivity contribution in [2.24, 2.45) is 5.92 Å². The molecular formula is C13H27NO2S. The van der Waals surface area contributed by atoms with Crippen LogP contribution < -0.4 is 5.32 Å². The minimum absolute atomic E-state index is 0.235. The molecule has 1 rings (SSSR count). The van der Waals surface area contributed by atoms with Crippen LogP contribution in [0.4, 0.5) is 0 Å². The maximum Gasteiger partial charge on any atom is 0.152 e. The van der Waals surface area contributed by atoms with Gasteiger partial charge < -0.3 is 5.32 Å². The van der Waals surface area contributed by atoms with E-state index in [1.54, 1.807) is 13.8 Å². The summed E-state index contributed by atoms with van der Waals surface area (Å²) in [7, 11) is -0.869. The van der Waals surface area contributed by atoms with Crippen LogP contribution in [0.15, 0.2) is 0 Å². The largest absolute Gasteiger partial charge is 0.317 e. The molecule has 3 nitrogen and oxygen atoms in total. The highest BCUT2D eigenvalue weighted by Crippen LogP contribution is 2.26. The van der Waals surface area contributed by atoms with E-state index >= 15 is 0 Å². The van der Waals surface area contributed by atoms with Crippen molar-refractivity contribution in [1.29, 1.82) is 0 Å². The predicted octanol–water partition coefficient (Wildman–Crippen LogP) is 2.37. The summed E-state index contributed by atoms with van der Waals surface area (Å²) in [4.78, 5) is 0. The van der Waals surface area contributed by atoms with Crippen LogP contribution in [0.2, 0.25) is 0 Å². The van der Waals surface area contributed by atoms with E-state index in [0.29, 0.717) is 17.7 Å². The van der Waals surface area contributed by atoms with Gasteiger partial charge in [0.05, 0.1) is 11.0 Å². The third-order valence-electron chi connectivity index (χ3n) is 4.02. The number of sulfone groups is 1. The van der Waals surface area contributed by atoms with Gasteiger partial charge in [0.15, 0.2) is 9.84 Å². The molecule has 1 saturated carbocycles. The Kier molecular flexibility index (Phi) is 5.93. The maximum atomic E-state index is 11.8. The normalized spacial score (nSPS) is 27.1. The van der Waals surface area contributed by atoms with Crippen molar-refractivity contribution in [2.75, 3.05) is 12.8 Å². The zero-order valence-electron chi connectivity index (χ0n) is 11.4. The van der Waals surface area contributed by atoms with Gasteiger partial charge in [0.25, 0.3) is 0 Å². The van der Waals surface area contributed by atoms with Crippen molar-refractivity contribution in [2.45, 2.75) is 63.7 Å². The zero-order chi connectivity index (χ0) is 12.9. The monoisotopic (exact) mass is 261 g/mol. The molecule has 1 fully saturated rings. The summed E-state index contributed by atoms with van der Waals surface area (Å²) in [5.41, 5.74) is 0. The number of nitrogens with one attached hydrogen (secondary N) is 1. The summed E-state index contributed by atoms with van der Waals surface area (Å²) in [6, 6.07) is 0.514. The van der Waals surface area contributed by atoms with Crippen LogP contribution in [0.25, 0.3) is 0 Å². The fourth-order valence-corrected chi connectivity index (χ4v) is 3.76. The Bertz CT molecular complexity index is 311. The molecule has 0 aromatic heterocycles. The van der Waals surface area contributed by atoms with Crippen molar-refractivity contribution in [3.8, 4) is 0 Å². The second kappa shape index (κ2) is 6.74. The van der Waals surface area contributed by atoms with Crippen molar-refractivity contribution in [1.82, 2.24) is 5.32 Å². The molecule has 4 heteroatoms. The van der Waals surface area contributed by atoms with Gasteiger partial charge in [-0.15, -0.1) is 0 Å². The summed E-state index contributed by atoms with van der Waals surface area (Å²) >= 11 is 0. The van der Waals surface area contributed by atoms with Gasteiger partial charge in [-0.1, -0.05) is 19.3 Å². The Labute approximate surface area is 106 Å². The van der Waals surface area contributed by atoms with Crippen LogP contribution in [0.3, 0.4) is 0 Å². The molecule has 0 saturated heterocycles. The third kappa shape index (κ3) is 4.59. The molecule has 2 unspecified atom stereocenters. The summed E-state index contributed by atoms with van der Waals surface area (Å²) in [5, 5.41) is 3.13.